The summed E-state index contributed by atoms with van der Waals surface area (Å²) in [6.07, 6.45) is 4.54. The van der Waals surface area contributed by atoms with Gasteiger partial charge in [-0.25, -0.2) is 4.98 Å². The van der Waals surface area contributed by atoms with E-state index >= 15 is 0 Å². The van der Waals surface area contributed by atoms with E-state index in [2.05, 4.69) is 44.5 Å². The summed E-state index contributed by atoms with van der Waals surface area (Å²) in [5, 5.41) is 0. The molecule has 0 fully saturated rings. The Bertz CT molecular complexity index is 491. The molecule has 0 spiro atoms. The van der Waals surface area contributed by atoms with Gasteiger partial charge < -0.3 is 10.3 Å². The van der Waals surface area contributed by atoms with E-state index in [1.807, 2.05) is 18.6 Å². The van der Waals surface area contributed by atoms with E-state index in [0.29, 0.717) is 6.54 Å². The lowest BCUT2D eigenvalue weighted by molar-refractivity contribution is 0.869. The first kappa shape index (κ1) is 11.4. The lowest BCUT2D eigenvalue weighted by atomic mass is 10.2. The van der Waals surface area contributed by atoms with E-state index in [1.165, 1.54) is 5.56 Å². The molecule has 0 atom stereocenters. The Kier molecular flexibility index (Phi) is 3.41. The first-order valence-electron chi connectivity index (χ1n) is 5.20. The largest absolute Gasteiger partial charge is 0.330 e. The molecule has 1 aromatic carbocycles. The summed E-state index contributed by atoms with van der Waals surface area (Å²) < 4.78 is 3.16. The zero-order valence-electron chi connectivity index (χ0n) is 9.15. The van der Waals surface area contributed by atoms with Gasteiger partial charge in [-0.15, -0.1) is 0 Å². The van der Waals surface area contributed by atoms with Crippen molar-refractivity contribution >= 4 is 15.9 Å². The van der Waals surface area contributed by atoms with Crippen LogP contribution in [-0.4, -0.2) is 16.1 Å². The van der Waals surface area contributed by atoms with Crippen molar-refractivity contribution in [3.05, 3.63) is 46.5 Å². The van der Waals surface area contributed by atoms with Gasteiger partial charge in [-0.3, -0.25) is 0 Å². The minimum atomic E-state index is 0.638. The molecule has 2 aromatic rings. The van der Waals surface area contributed by atoms with Gasteiger partial charge in [0, 0.05) is 22.8 Å². The monoisotopic (exact) mass is 279 g/mol. The molecular weight excluding hydrogens is 266 g/mol. The highest BCUT2D eigenvalue weighted by Crippen LogP contribution is 2.21. The number of hydrogen-bond donors (Lipinski definition) is 1. The van der Waals surface area contributed by atoms with Crippen molar-refractivity contribution in [3.8, 4) is 5.69 Å². The molecule has 0 saturated carbocycles. The van der Waals surface area contributed by atoms with Crippen LogP contribution >= 0.6 is 15.9 Å². The van der Waals surface area contributed by atoms with Crippen molar-refractivity contribution in [2.24, 2.45) is 5.73 Å². The van der Waals surface area contributed by atoms with Gasteiger partial charge in [0.1, 0.15) is 0 Å². The number of nitrogens with zero attached hydrogens (tertiary/aromatic N) is 2. The number of nitrogens with two attached hydrogens (primary N) is 1. The molecule has 0 aliphatic carbocycles. The number of hydrogen-bond acceptors (Lipinski definition) is 2. The molecule has 16 heavy (non-hydrogen) atoms. The smallest absolute Gasteiger partial charge is 0.0994 e. The average molecular weight is 280 g/mol. The van der Waals surface area contributed by atoms with Crippen molar-refractivity contribution in [2.45, 2.75) is 13.3 Å². The third kappa shape index (κ3) is 2.18. The summed E-state index contributed by atoms with van der Waals surface area (Å²) in [6, 6.07) is 6.22. The molecule has 0 aliphatic rings. The van der Waals surface area contributed by atoms with Crippen LogP contribution in [0.1, 0.15) is 11.3 Å². The molecule has 0 saturated heterocycles. The molecule has 84 valence electrons. The normalized spacial score (nSPS) is 10.7. The van der Waals surface area contributed by atoms with Crippen LogP contribution in [0.4, 0.5) is 0 Å². The zero-order valence-corrected chi connectivity index (χ0v) is 10.7. The average Bonchev–Trinajstić information content (AvgIpc) is 2.70. The maximum atomic E-state index is 5.58. The van der Waals surface area contributed by atoms with Gasteiger partial charge in [0.05, 0.1) is 12.0 Å². The number of halogens is 1. The molecule has 0 amide bonds. The maximum Gasteiger partial charge on any atom is 0.0994 e. The number of imidazole rings is 1. The summed E-state index contributed by atoms with van der Waals surface area (Å²) in [4.78, 5) is 4.18. The van der Waals surface area contributed by atoms with Crippen LogP contribution in [0.2, 0.25) is 0 Å². The Morgan fingerprint density at radius 3 is 3.00 bits per heavy atom. The first-order chi connectivity index (χ1) is 7.72. The van der Waals surface area contributed by atoms with Gasteiger partial charge in [-0.1, -0.05) is 22.0 Å². The summed E-state index contributed by atoms with van der Waals surface area (Å²) >= 11 is 3.49. The first-order valence-corrected chi connectivity index (χ1v) is 5.99. The highest BCUT2D eigenvalue weighted by molar-refractivity contribution is 9.10. The van der Waals surface area contributed by atoms with E-state index < -0.39 is 0 Å². The predicted octanol–water partition coefficient (Wildman–Crippen LogP) is 2.44. The fourth-order valence-corrected chi connectivity index (χ4v) is 2.06. The van der Waals surface area contributed by atoms with Crippen molar-refractivity contribution in [1.82, 2.24) is 9.55 Å². The Morgan fingerprint density at radius 1 is 1.44 bits per heavy atom. The lowest BCUT2D eigenvalue weighted by Gasteiger charge is -2.10. The Hall–Kier alpha value is -1.13. The molecule has 2 N–H and O–H groups in total. The molecule has 1 aromatic heterocycles. The van der Waals surface area contributed by atoms with E-state index in [-0.39, 0.29) is 0 Å². The SMILES string of the molecule is Cc1ccc(Br)cc1-n1cncc1CCN. The number of benzene rings is 1. The fraction of sp³-hybridized carbons (Fsp3) is 0.250. The molecule has 0 bridgehead atoms. The van der Waals surface area contributed by atoms with Crippen LogP contribution < -0.4 is 5.73 Å². The second kappa shape index (κ2) is 4.80. The Morgan fingerprint density at radius 2 is 2.25 bits per heavy atom. The van der Waals surface area contributed by atoms with Crippen LogP contribution in [0.3, 0.4) is 0 Å². The fourth-order valence-electron chi connectivity index (χ4n) is 1.71. The molecule has 0 radical (unpaired) electrons. The molecule has 4 heteroatoms. The van der Waals surface area contributed by atoms with Gasteiger partial charge in [0.25, 0.3) is 0 Å². The van der Waals surface area contributed by atoms with Gasteiger partial charge in [0.15, 0.2) is 0 Å². The summed E-state index contributed by atoms with van der Waals surface area (Å²) in [5.41, 5.74) is 9.10. The molecule has 0 unspecified atom stereocenters. The number of aryl methyl sites for hydroxylation is 1. The van der Waals surface area contributed by atoms with Crippen LogP contribution in [0.5, 0.6) is 0 Å². The van der Waals surface area contributed by atoms with E-state index in [0.717, 1.165) is 22.3 Å². The molecule has 1 heterocycles. The van der Waals surface area contributed by atoms with Gasteiger partial charge in [0.2, 0.25) is 0 Å². The van der Waals surface area contributed by atoms with Crippen molar-refractivity contribution in [3.63, 3.8) is 0 Å². The van der Waals surface area contributed by atoms with E-state index in [4.69, 9.17) is 5.73 Å². The zero-order chi connectivity index (χ0) is 11.5. The highest BCUT2D eigenvalue weighted by atomic mass is 79.9. The van der Waals surface area contributed by atoms with Gasteiger partial charge >= 0.3 is 0 Å². The van der Waals surface area contributed by atoms with Gasteiger partial charge in [-0.05, 0) is 31.2 Å². The minimum Gasteiger partial charge on any atom is -0.330 e. The van der Waals surface area contributed by atoms with Crippen LogP contribution in [0.15, 0.2) is 35.2 Å². The van der Waals surface area contributed by atoms with Crippen LogP contribution in [0, 0.1) is 6.92 Å². The van der Waals surface area contributed by atoms with Crippen LogP contribution in [-0.2, 0) is 6.42 Å². The third-order valence-corrected chi connectivity index (χ3v) is 3.04. The third-order valence-electron chi connectivity index (χ3n) is 2.55. The highest BCUT2D eigenvalue weighted by Gasteiger charge is 2.06. The second-order valence-electron chi connectivity index (χ2n) is 3.72. The Balaban J connectivity index is 2.49. The molecular formula is C12H14BrN3. The topological polar surface area (TPSA) is 43.8 Å². The van der Waals surface area contributed by atoms with Crippen molar-refractivity contribution in [2.75, 3.05) is 6.54 Å². The summed E-state index contributed by atoms with van der Waals surface area (Å²) in [5.74, 6) is 0. The predicted molar refractivity (Wildman–Crippen MR) is 68.8 cm³/mol. The lowest BCUT2D eigenvalue weighted by Crippen LogP contribution is -2.08. The number of rotatable bonds is 3. The quantitative estimate of drug-likeness (QED) is 0.938. The van der Waals surface area contributed by atoms with Crippen molar-refractivity contribution in [1.29, 1.82) is 0 Å². The Labute approximate surface area is 103 Å². The summed E-state index contributed by atoms with van der Waals surface area (Å²) in [7, 11) is 0. The molecule has 3 nitrogen and oxygen atoms in total. The van der Waals surface area contributed by atoms with Crippen molar-refractivity contribution < 1.29 is 0 Å². The maximum absolute atomic E-state index is 5.58. The second-order valence-corrected chi connectivity index (χ2v) is 4.64. The van der Waals surface area contributed by atoms with Crippen LogP contribution in [0.25, 0.3) is 5.69 Å². The molecule has 2 rings (SSSR count). The number of aromatic nitrogens is 2. The van der Waals surface area contributed by atoms with E-state index in [1.54, 1.807) is 0 Å². The van der Waals surface area contributed by atoms with E-state index in [9.17, 15) is 0 Å². The van der Waals surface area contributed by atoms with Gasteiger partial charge in [-0.2, -0.15) is 0 Å². The summed E-state index contributed by atoms with van der Waals surface area (Å²) in [6.45, 7) is 2.73. The minimum absolute atomic E-state index is 0.638. The molecule has 0 aliphatic heterocycles. The standard InChI is InChI=1S/C12H14BrN3/c1-9-2-3-10(13)6-12(9)16-8-15-7-11(16)4-5-14/h2-3,6-8H,4-5,14H2,1H3.